The van der Waals surface area contributed by atoms with Crippen molar-refractivity contribution in [2.75, 3.05) is 18.4 Å². The lowest BCUT2D eigenvalue weighted by Gasteiger charge is -2.24. The van der Waals surface area contributed by atoms with Gasteiger partial charge >= 0.3 is 0 Å². The van der Waals surface area contributed by atoms with Crippen LogP contribution in [0.15, 0.2) is 18.2 Å². The third-order valence-corrected chi connectivity index (χ3v) is 3.05. The van der Waals surface area contributed by atoms with E-state index >= 15 is 0 Å². The third-order valence-electron chi connectivity index (χ3n) is 3.05. The summed E-state index contributed by atoms with van der Waals surface area (Å²) >= 11 is 0. The van der Waals surface area contributed by atoms with Crippen LogP contribution in [0.25, 0.3) is 0 Å². The number of hydrogen-bond acceptors (Lipinski definition) is 4. The minimum absolute atomic E-state index is 0. The number of nitro groups is 1. The third kappa shape index (κ3) is 3.68. The Kier molecular flexibility index (Phi) is 5.55. The normalized spacial score (nSPS) is 15.8. The standard InChI is InChI=1S/C12H17N3O2.BrH/c1-9-2-3-11(12(8-9)15(16)17)14-10-4-6-13-7-5-10;/h2-3,8,10,13-14H,4-7H2,1H3;1H. The zero-order valence-corrected chi connectivity index (χ0v) is 12.0. The first-order valence-electron chi connectivity index (χ1n) is 5.89. The van der Waals surface area contributed by atoms with E-state index in [1.54, 1.807) is 12.1 Å². The van der Waals surface area contributed by atoms with Gasteiger partial charge in [-0.3, -0.25) is 10.1 Å². The molecule has 2 N–H and O–H groups in total. The molecule has 1 aliphatic heterocycles. The van der Waals surface area contributed by atoms with E-state index in [0.717, 1.165) is 31.5 Å². The fraction of sp³-hybridized carbons (Fsp3) is 0.500. The molecule has 1 aromatic carbocycles. The first-order chi connectivity index (χ1) is 8.16. The first kappa shape index (κ1) is 14.9. The smallest absolute Gasteiger partial charge is 0.292 e. The predicted octanol–water partition coefficient (Wildman–Crippen LogP) is 2.65. The van der Waals surface area contributed by atoms with Crippen molar-refractivity contribution in [2.24, 2.45) is 0 Å². The second-order valence-electron chi connectivity index (χ2n) is 4.45. The van der Waals surface area contributed by atoms with Crippen LogP contribution in [0.3, 0.4) is 0 Å². The molecule has 1 aliphatic rings. The maximum Gasteiger partial charge on any atom is 0.292 e. The van der Waals surface area contributed by atoms with E-state index in [9.17, 15) is 10.1 Å². The summed E-state index contributed by atoms with van der Waals surface area (Å²) in [6.45, 7) is 3.80. The highest BCUT2D eigenvalue weighted by Gasteiger charge is 2.18. The molecule has 2 rings (SSSR count). The van der Waals surface area contributed by atoms with Crippen LogP contribution < -0.4 is 10.6 Å². The summed E-state index contributed by atoms with van der Waals surface area (Å²) in [5, 5.41) is 17.5. The van der Waals surface area contributed by atoms with Gasteiger partial charge in [0.15, 0.2) is 0 Å². The van der Waals surface area contributed by atoms with Crippen LogP contribution in [0.4, 0.5) is 11.4 Å². The van der Waals surface area contributed by atoms with Crippen molar-refractivity contribution in [3.63, 3.8) is 0 Å². The van der Waals surface area contributed by atoms with Crippen molar-refractivity contribution >= 4 is 28.4 Å². The highest BCUT2D eigenvalue weighted by Crippen LogP contribution is 2.27. The van der Waals surface area contributed by atoms with Gasteiger partial charge in [-0.05, 0) is 44.5 Å². The number of hydrogen-bond donors (Lipinski definition) is 2. The molecule has 0 aromatic heterocycles. The Morgan fingerprint density at radius 2 is 2.06 bits per heavy atom. The van der Waals surface area contributed by atoms with Crippen LogP contribution in [0, 0.1) is 17.0 Å². The Labute approximate surface area is 117 Å². The molecular weight excluding hydrogens is 298 g/mol. The number of benzene rings is 1. The van der Waals surface area contributed by atoms with Gasteiger partial charge in [-0.25, -0.2) is 0 Å². The lowest BCUT2D eigenvalue weighted by Crippen LogP contribution is -2.35. The molecule has 0 saturated carbocycles. The lowest BCUT2D eigenvalue weighted by atomic mass is 10.1. The molecule has 6 heteroatoms. The first-order valence-corrected chi connectivity index (χ1v) is 5.89. The van der Waals surface area contributed by atoms with Crippen LogP contribution in [-0.4, -0.2) is 24.1 Å². The van der Waals surface area contributed by atoms with E-state index in [1.807, 2.05) is 13.0 Å². The van der Waals surface area contributed by atoms with Crippen molar-refractivity contribution in [3.05, 3.63) is 33.9 Å². The number of piperidine rings is 1. The van der Waals surface area contributed by atoms with Crippen LogP contribution in [-0.2, 0) is 0 Å². The highest BCUT2D eigenvalue weighted by atomic mass is 79.9. The molecule has 100 valence electrons. The second-order valence-corrected chi connectivity index (χ2v) is 4.45. The molecule has 0 spiro atoms. The maximum atomic E-state index is 11.0. The summed E-state index contributed by atoms with van der Waals surface area (Å²) in [5.74, 6) is 0. The van der Waals surface area contributed by atoms with E-state index in [0.29, 0.717) is 11.7 Å². The van der Waals surface area contributed by atoms with Crippen LogP contribution >= 0.6 is 17.0 Å². The minimum Gasteiger partial charge on any atom is -0.377 e. The Hall–Kier alpha value is -1.14. The Morgan fingerprint density at radius 1 is 1.39 bits per heavy atom. The molecule has 0 atom stereocenters. The van der Waals surface area contributed by atoms with E-state index in [1.165, 1.54) is 0 Å². The minimum atomic E-state index is -0.323. The molecular formula is C12H18BrN3O2. The van der Waals surface area contributed by atoms with Gasteiger partial charge < -0.3 is 10.6 Å². The zero-order valence-electron chi connectivity index (χ0n) is 10.3. The van der Waals surface area contributed by atoms with Crippen molar-refractivity contribution < 1.29 is 4.92 Å². The monoisotopic (exact) mass is 315 g/mol. The second kappa shape index (κ2) is 6.70. The number of halogens is 1. The Morgan fingerprint density at radius 3 is 2.67 bits per heavy atom. The molecule has 0 amide bonds. The average molecular weight is 316 g/mol. The summed E-state index contributed by atoms with van der Waals surface area (Å²) in [6.07, 6.45) is 2.01. The quantitative estimate of drug-likeness (QED) is 0.664. The molecule has 0 radical (unpaired) electrons. The van der Waals surface area contributed by atoms with E-state index < -0.39 is 0 Å². The summed E-state index contributed by atoms with van der Waals surface area (Å²) in [5.41, 5.74) is 1.71. The Bertz CT molecular complexity index is 420. The largest absolute Gasteiger partial charge is 0.377 e. The number of nitro benzene ring substituents is 1. The summed E-state index contributed by atoms with van der Waals surface area (Å²) < 4.78 is 0. The summed E-state index contributed by atoms with van der Waals surface area (Å²) in [7, 11) is 0. The molecule has 1 heterocycles. The number of aryl methyl sites for hydroxylation is 1. The van der Waals surface area contributed by atoms with Gasteiger partial charge in [-0.15, -0.1) is 17.0 Å². The molecule has 1 aromatic rings. The van der Waals surface area contributed by atoms with Gasteiger partial charge in [0.05, 0.1) is 4.92 Å². The molecule has 18 heavy (non-hydrogen) atoms. The zero-order chi connectivity index (χ0) is 12.3. The van der Waals surface area contributed by atoms with Crippen LogP contribution in [0.2, 0.25) is 0 Å². The molecule has 1 fully saturated rings. The van der Waals surface area contributed by atoms with Gasteiger partial charge in [-0.1, -0.05) is 6.07 Å². The summed E-state index contributed by atoms with van der Waals surface area (Å²) in [4.78, 5) is 10.6. The molecule has 0 aliphatic carbocycles. The summed E-state index contributed by atoms with van der Waals surface area (Å²) in [6, 6.07) is 5.65. The van der Waals surface area contributed by atoms with Gasteiger partial charge in [0.2, 0.25) is 0 Å². The lowest BCUT2D eigenvalue weighted by molar-refractivity contribution is -0.384. The maximum absolute atomic E-state index is 11.0. The average Bonchev–Trinajstić information content (AvgIpc) is 2.32. The van der Waals surface area contributed by atoms with Crippen LogP contribution in [0.1, 0.15) is 18.4 Å². The highest BCUT2D eigenvalue weighted by molar-refractivity contribution is 8.93. The van der Waals surface area contributed by atoms with Crippen molar-refractivity contribution in [1.82, 2.24) is 5.32 Å². The van der Waals surface area contributed by atoms with Crippen LogP contribution in [0.5, 0.6) is 0 Å². The number of nitrogens with zero attached hydrogens (tertiary/aromatic N) is 1. The molecule has 0 unspecified atom stereocenters. The van der Waals surface area contributed by atoms with Gasteiger partial charge in [0, 0.05) is 12.1 Å². The van der Waals surface area contributed by atoms with Gasteiger partial charge in [0.25, 0.3) is 5.69 Å². The van der Waals surface area contributed by atoms with E-state index in [-0.39, 0.29) is 27.6 Å². The van der Waals surface area contributed by atoms with Crippen molar-refractivity contribution in [1.29, 1.82) is 0 Å². The number of nitrogens with one attached hydrogen (secondary N) is 2. The Balaban J connectivity index is 0.00000162. The fourth-order valence-corrected chi connectivity index (χ4v) is 2.10. The van der Waals surface area contributed by atoms with Crippen molar-refractivity contribution in [2.45, 2.75) is 25.8 Å². The molecule has 1 saturated heterocycles. The van der Waals surface area contributed by atoms with Crippen molar-refractivity contribution in [3.8, 4) is 0 Å². The SMILES string of the molecule is Br.Cc1ccc(NC2CCNCC2)c([N+](=O)[O-])c1. The van der Waals surface area contributed by atoms with E-state index in [2.05, 4.69) is 10.6 Å². The molecule has 5 nitrogen and oxygen atoms in total. The number of rotatable bonds is 3. The fourth-order valence-electron chi connectivity index (χ4n) is 2.10. The predicted molar refractivity (Wildman–Crippen MR) is 77.7 cm³/mol. The topological polar surface area (TPSA) is 67.2 Å². The van der Waals surface area contributed by atoms with Gasteiger partial charge in [0.1, 0.15) is 5.69 Å². The molecule has 0 bridgehead atoms. The van der Waals surface area contributed by atoms with Gasteiger partial charge in [-0.2, -0.15) is 0 Å². The van der Waals surface area contributed by atoms with E-state index in [4.69, 9.17) is 0 Å². The number of anilines is 1.